The van der Waals surface area contributed by atoms with Gasteiger partial charge in [0, 0.05) is 28.1 Å². The number of ketones is 1. The van der Waals surface area contributed by atoms with Crippen molar-refractivity contribution < 1.29 is 4.79 Å². The zero-order valence-corrected chi connectivity index (χ0v) is 18.5. The van der Waals surface area contributed by atoms with Gasteiger partial charge in [0.1, 0.15) is 5.84 Å². The van der Waals surface area contributed by atoms with Crippen LogP contribution in [0.15, 0.2) is 99.8 Å². The van der Waals surface area contributed by atoms with Crippen LogP contribution in [0.5, 0.6) is 0 Å². The summed E-state index contributed by atoms with van der Waals surface area (Å²) in [6, 6.07) is 24.3. The highest BCUT2D eigenvalue weighted by Gasteiger charge is 2.45. The summed E-state index contributed by atoms with van der Waals surface area (Å²) in [7, 11) is 0. The van der Waals surface area contributed by atoms with Crippen molar-refractivity contribution in [2.24, 2.45) is 10.7 Å². The minimum Gasteiger partial charge on any atom is -0.383 e. The van der Waals surface area contributed by atoms with E-state index < -0.39 is 5.92 Å². The Morgan fingerprint density at radius 3 is 2.58 bits per heavy atom. The molecule has 2 N–H and O–H groups in total. The number of carbonyl (C=O) groups excluding carboxylic acids is 1. The van der Waals surface area contributed by atoms with Gasteiger partial charge in [0.2, 0.25) is 0 Å². The van der Waals surface area contributed by atoms with E-state index in [0.717, 1.165) is 33.0 Å². The number of carbonyl (C=O) groups is 1. The van der Waals surface area contributed by atoms with Crippen molar-refractivity contribution in [1.29, 1.82) is 5.26 Å². The zero-order chi connectivity index (χ0) is 22.5. The summed E-state index contributed by atoms with van der Waals surface area (Å²) >= 11 is 1.56. The van der Waals surface area contributed by atoms with E-state index in [0.29, 0.717) is 30.1 Å². The minimum absolute atomic E-state index is 0.0711. The summed E-state index contributed by atoms with van der Waals surface area (Å²) in [5.74, 6) is 0.673. The first-order valence-corrected chi connectivity index (χ1v) is 11.8. The number of hydrogen-bond donors (Lipinski definition) is 1. The summed E-state index contributed by atoms with van der Waals surface area (Å²) < 4.78 is 0. The molecule has 3 aliphatic rings. The molecule has 0 unspecified atom stereocenters. The molecular weight excluding hydrogens is 428 g/mol. The largest absolute Gasteiger partial charge is 0.383 e. The molecule has 33 heavy (non-hydrogen) atoms. The van der Waals surface area contributed by atoms with Crippen molar-refractivity contribution >= 4 is 28.6 Å². The van der Waals surface area contributed by atoms with Crippen LogP contribution >= 0.6 is 11.3 Å². The summed E-state index contributed by atoms with van der Waals surface area (Å²) in [5.41, 5.74) is 11.3. The molecule has 2 aliphatic heterocycles. The average molecular weight is 449 g/mol. The van der Waals surface area contributed by atoms with Crippen LogP contribution in [0, 0.1) is 11.3 Å². The number of nitrogens with two attached hydrogens (primary N) is 1. The van der Waals surface area contributed by atoms with Gasteiger partial charge in [0.15, 0.2) is 11.6 Å². The Labute approximate surface area is 195 Å². The van der Waals surface area contributed by atoms with Crippen molar-refractivity contribution in [2.45, 2.75) is 24.7 Å². The number of nitriles is 1. The molecule has 0 bridgehead atoms. The minimum atomic E-state index is -0.415. The predicted molar refractivity (Wildman–Crippen MR) is 130 cm³/mol. The van der Waals surface area contributed by atoms with Crippen LogP contribution in [0.3, 0.4) is 0 Å². The van der Waals surface area contributed by atoms with Gasteiger partial charge in [-0.25, -0.2) is 4.99 Å². The lowest BCUT2D eigenvalue weighted by Gasteiger charge is -2.43. The first-order valence-electron chi connectivity index (χ1n) is 10.9. The molecule has 3 aromatic rings. The Kier molecular flexibility index (Phi) is 4.53. The third kappa shape index (κ3) is 2.97. The van der Waals surface area contributed by atoms with Crippen molar-refractivity contribution in [3.8, 4) is 6.07 Å². The molecule has 0 amide bonds. The van der Waals surface area contributed by atoms with Crippen LogP contribution in [0.1, 0.15) is 40.7 Å². The van der Waals surface area contributed by atoms with Gasteiger partial charge in [0.25, 0.3) is 0 Å². The van der Waals surface area contributed by atoms with Crippen molar-refractivity contribution in [3.63, 3.8) is 0 Å². The maximum absolute atomic E-state index is 13.8. The fourth-order valence-corrected chi connectivity index (χ4v) is 6.06. The molecule has 5 nitrogen and oxygen atoms in total. The molecule has 0 fully saturated rings. The number of hydrogen-bond acceptors (Lipinski definition) is 6. The molecule has 160 valence electrons. The fourth-order valence-electron chi connectivity index (χ4n) is 5.22. The number of anilines is 1. The van der Waals surface area contributed by atoms with Gasteiger partial charge in [0.05, 0.1) is 23.2 Å². The van der Waals surface area contributed by atoms with Crippen molar-refractivity contribution in [2.75, 3.05) is 4.90 Å². The maximum Gasteiger partial charge on any atom is 0.162 e. The maximum atomic E-state index is 13.8. The molecule has 0 radical (unpaired) electrons. The van der Waals surface area contributed by atoms with E-state index in [4.69, 9.17) is 10.7 Å². The number of thiophene rings is 1. The van der Waals surface area contributed by atoms with Gasteiger partial charge < -0.3 is 5.73 Å². The normalized spacial score (nSPS) is 21.7. The fraction of sp³-hybridized carbons (Fsp3) is 0.148. The summed E-state index contributed by atoms with van der Waals surface area (Å²) in [5, 5.41) is 12.2. The van der Waals surface area contributed by atoms with E-state index in [1.807, 2.05) is 64.9 Å². The number of benzene rings is 2. The summed E-state index contributed by atoms with van der Waals surface area (Å²) in [6.45, 7) is 0. The van der Waals surface area contributed by atoms with E-state index in [1.165, 1.54) is 0 Å². The SMILES string of the molecule is N#CC1=C2N=C(N)c3ccccc3N2C2=C(C(=O)C[C@@H](c3ccccc3)C2)[C@H]1c1cccs1. The van der Waals surface area contributed by atoms with Gasteiger partial charge in [-0.3, -0.25) is 9.69 Å². The molecule has 3 heterocycles. The number of amidine groups is 1. The smallest absolute Gasteiger partial charge is 0.162 e. The second-order valence-electron chi connectivity index (χ2n) is 8.45. The lowest BCUT2D eigenvalue weighted by Crippen LogP contribution is -2.40. The number of nitrogens with zero attached hydrogens (tertiary/aromatic N) is 3. The van der Waals surface area contributed by atoms with Gasteiger partial charge in [-0.2, -0.15) is 5.26 Å². The molecule has 0 spiro atoms. The number of rotatable bonds is 2. The predicted octanol–water partition coefficient (Wildman–Crippen LogP) is 5.21. The second kappa shape index (κ2) is 7.58. The van der Waals surface area contributed by atoms with Crippen molar-refractivity contribution in [3.05, 3.63) is 111 Å². The highest BCUT2D eigenvalue weighted by molar-refractivity contribution is 7.10. The highest BCUT2D eigenvalue weighted by atomic mass is 32.1. The van der Waals surface area contributed by atoms with Gasteiger partial charge in [-0.1, -0.05) is 48.5 Å². The Morgan fingerprint density at radius 1 is 1.03 bits per heavy atom. The van der Waals surface area contributed by atoms with Gasteiger partial charge >= 0.3 is 0 Å². The third-order valence-electron chi connectivity index (χ3n) is 6.65. The monoisotopic (exact) mass is 448 g/mol. The quantitative estimate of drug-likeness (QED) is 0.584. The van der Waals surface area contributed by atoms with Crippen LogP contribution < -0.4 is 10.6 Å². The molecule has 1 aromatic heterocycles. The van der Waals surface area contributed by atoms with E-state index in [9.17, 15) is 10.1 Å². The Hall–Kier alpha value is -3.95. The van der Waals surface area contributed by atoms with Crippen LogP contribution in [0.4, 0.5) is 5.69 Å². The standard InChI is InChI=1S/C27H20N4OS/c28-15-19-24(23-11-6-12-33-23)25-21(13-17(14-22(25)32)16-7-2-1-3-8-16)31-20-10-5-4-9-18(20)26(29)30-27(19)31/h1-12,17,24H,13-14H2,(H2,29,30)/t17-,24+/m0/s1. The molecule has 0 saturated carbocycles. The van der Waals surface area contributed by atoms with Crippen LogP contribution in [0.25, 0.3) is 0 Å². The Bertz CT molecular complexity index is 1410. The second-order valence-corrected chi connectivity index (χ2v) is 9.43. The number of aliphatic imine (C=N–C) groups is 1. The van der Waals surface area contributed by atoms with E-state index >= 15 is 0 Å². The molecule has 0 saturated heterocycles. The zero-order valence-electron chi connectivity index (χ0n) is 17.7. The molecule has 6 heteroatoms. The summed E-state index contributed by atoms with van der Waals surface area (Å²) in [4.78, 5) is 21.5. The topological polar surface area (TPSA) is 82.5 Å². The van der Waals surface area contributed by atoms with Gasteiger partial charge in [-0.15, -0.1) is 11.3 Å². The van der Waals surface area contributed by atoms with E-state index in [1.54, 1.807) is 11.3 Å². The van der Waals surface area contributed by atoms with E-state index in [2.05, 4.69) is 18.2 Å². The van der Waals surface area contributed by atoms with Crippen LogP contribution in [0.2, 0.25) is 0 Å². The number of Topliss-reactive ketones (excluding diaryl/α,β-unsaturated/α-hetero) is 1. The first kappa shape index (κ1) is 19.7. The molecule has 1 aliphatic carbocycles. The molecule has 6 rings (SSSR count). The number of fused-ring (bicyclic) bond motifs is 4. The van der Waals surface area contributed by atoms with Crippen LogP contribution in [-0.2, 0) is 4.79 Å². The summed E-state index contributed by atoms with van der Waals surface area (Å²) in [6.07, 6.45) is 1.12. The molecule has 2 atom stereocenters. The molecule has 2 aromatic carbocycles. The highest BCUT2D eigenvalue weighted by Crippen LogP contribution is 2.52. The number of para-hydroxylation sites is 1. The van der Waals surface area contributed by atoms with Gasteiger partial charge in [-0.05, 0) is 41.5 Å². The Morgan fingerprint density at radius 2 is 1.82 bits per heavy atom. The lowest BCUT2D eigenvalue weighted by molar-refractivity contribution is -0.116. The van der Waals surface area contributed by atoms with Crippen molar-refractivity contribution in [1.82, 2.24) is 0 Å². The molecular formula is C27H20N4OS. The number of allylic oxidation sites excluding steroid dienone is 3. The average Bonchev–Trinajstić information content (AvgIpc) is 3.38. The lowest BCUT2D eigenvalue weighted by atomic mass is 9.73. The first-order chi connectivity index (χ1) is 16.2. The van der Waals surface area contributed by atoms with Crippen LogP contribution in [-0.4, -0.2) is 11.6 Å². The Balaban J connectivity index is 1.61. The third-order valence-corrected chi connectivity index (χ3v) is 7.59. The van der Waals surface area contributed by atoms with E-state index in [-0.39, 0.29) is 11.7 Å².